The molecule has 3 nitrogen and oxygen atoms in total. The third-order valence-electron chi connectivity index (χ3n) is 2.00. The van der Waals surface area contributed by atoms with Crippen molar-refractivity contribution >= 4 is 5.97 Å². The summed E-state index contributed by atoms with van der Waals surface area (Å²) in [5.41, 5.74) is 6.34. The highest BCUT2D eigenvalue weighted by atomic mass is 19.1. The number of carbonyl (C=O) groups excluding carboxylic acids is 1. The predicted octanol–water partition coefficient (Wildman–Crippen LogP) is 1.65. The summed E-state index contributed by atoms with van der Waals surface area (Å²) in [5, 5.41) is 0. The fourth-order valence-corrected chi connectivity index (χ4v) is 1.32. The Balaban J connectivity index is 2.57. The Hall–Kier alpha value is -1.42. The summed E-state index contributed by atoms with van der Waals surface area (Å²) in [7, 11) is 0. The molecule has 0 bridgehead atoms. The maximum atomic E-state index is 12.9. The molecule has 1 atom stereocenters. The Morgan fingerprint density at radius 2 is 2.19 bits per heavy atom. The molecule has 1 aromatic rings. The van der Waals surface area contributed by atoms with E-state index in [9.17, 15) is 9.18 Å². The first kappa shape index (κ1) is 12.6. The first-order valence-electron chi connectivity index (χ1n) is 5.19. The molecule has 0 aromatic heterocycles. The van der Waals surface area contributed by atoms with E-state index < -0.39 is 12.0 Å². The molecule has 0 fully saturated rings. The Morgan fingerprint density at radius 3 is 2.75 bits per heavy atom. The summed E-state index contributed by atoms with van der Waals surface area (Å²) in [5.74, 6) is -0.791. The van der Waals surface area contributed by atoms with Crippen molar-refractivity contribution in [3.05, 3.63) is 35.6 Å². The molecule has 0 aliphatic heterocycles. The van der Waals surface area contributed by atoms with Crippen LogP contribution >= 0.6 is 0 Å². The van der Waals surface area contributed by atoms with Crippen LogP contribution in [0.25, 0.3) is 0 Å². The van der Waals surface area contributed by atoms with Gasteiger partial charge in [0.05, 0.1) is 6.10 Å². The summed E-state index contributed by atoms with van der Waals surface area (Å²) in [6.45, 7) is 3.51. The third kappa shape index (κ3) is 3.98. The van der Waals surface area contributed by atoms with Gasteiger partial charge in [-0.15, -0.1) is 0 Å². The van der Waals surface area contributed by atoms with Gasteiger partial charge >= 0.3 is 5.97 Å². The Bertz CT molecular complexity index is 366. The highest BCUT2D eigenvalue weighted by molar-refractivity contribution is 5.76. The lowest BCUT2D eigenvalue weighted by Gasteiger charge is -2.13. The van der Waals surface area contributed by atoms with E-state index in [-0.39, 0.29) is 18.3 Å². The van der Waals surface area contributed by atoms with E-state index in [1.165, 1.54) is 12.1 Å². The molecule has 1 aromatic carbocycles. The molecule has 0 saturated carbocycles. The van der Waals surface area contributed by atoms with Crippen LogP contribution in [0.5, 0.6) is 0 Å². The Kier molecular flexibility index (Phi) is 4.43. The van der Waals surface area contributed by atoms with Crippen molar-refractivity contribution in [2.24, 2.45) is 5.73 Å². The number of hydrogen-bond donors (Lipinski definition) is 1. The molecule has 88 valence electrons. The molecule has 0 radical (unpaired) electrons. The molecule has 2 N–H and O–H groups in total. The van der Waals surface area contributed by atoms with Gasteiger partial charge in [-0.1, -0.05) is 12.1 Å². The quantitative estimate of drug-likeness (QED) is 0.793. The van der Waals surface area contributed by atoms with E-state index in [0.29, 0.717) is 5.56 Å². The zero-order valence-electron chi connectivity index (χ0n) is 9.44. The fourth-order valence-electron chi connectivity index (χ4n) is 1.32. The van der Waals surface area contributed by atoms with E-state index >= 15 is 0 Å². The van der Waals surface area contributed by atoms with Crippen LogP contribution in [0.2, 0.25) is 0 Å². The lowest BCUT2D eigenvalue weighted by Crippen LogP contribution is -2.35. The smallest absolute Gasteiger partial charge is 0.323 e. The Labute approximate surface area is 94.4 Å². The maximum Gasteiger partial charge on any atom is 0.323 e. The Morgan fingerprint density at radius 1 is 1.50 bits per heavy atom. The minimum absolute atomic E-state index is 0.189. The van der Waals surface area contributed by atoms with Crippen molar-refractivity contribution in [2.45, 2.75) is 32.4 Å². The monoisotopic (exact) mass is 225 g/mol. The minimum Gasteiger partial charge on any atom is -0.462 e. The highest BCUT2D eigenvalue weighted by Gasteiger charge is 2.16. The summed E-state index contributed by atoms with van der Waals surface area (Å²) in [6.07, 6.45) is 0.0922. The number of nitrogens with two attached hydrogens (primary N) is 1. The number of benzene rings is 1. The van der Waals surface area contributed by atoms with Gasteiger partial charge in [0, 0.05) is 0 Å². The number of esters is 1. The summed E-state index contributed by atoms with van der Waals surface area (Å²) in [6, 6.07) is 5.28. The van der Waals surface area contributed by atoms with Crippen molar-refractivity contribution in [3.8, 4) is 0 Å². The molecule has 16 heavy (non-hydrogen) atoms. The van der Waals surface area contributed by atoms with E-state index in [2.05, 4.69) is 0 Å². The van der Waals surface area contributed by atoms with Crippen LogP contribution < -0.4 is 5.73 Å². The summed E-state index contributed by atoms with van der Waals surface area (Å²) >= 11 is 0. The van der Waals surface area contributed by atoms with Gasteiger partial charge in [-0.25, -0.2) is 4.39 Å². The number of halogens is 1. The molecule has 1 unspecified atom stereocenters. The van der Waals surface area contributed by atoms with Crippen molar-refractivity contribution in [1.29, 1.82) is 0 Å². The SMILES string of the molecule is CC(C)OC(=O)C(N)Cc1cccc(F)c1. The van der Waals surface area contributed by atoms with Crippen molar-refractivity contribution in [1.82, 2.24) is 0 Å². The van der Waals surface area contributed by atoms with Crippen LogP contribution in [0.3, 0.4) is 0 Å². The molecule has 1 rings (SSSR count). The van der Waals surface area contributed by atoms with E-state index in [4.69, 9.17) is 10.5 Å². The largest absolute Gasteiger partial charge is 0.462 e. The van der Waals surface area contributed by atoms with Crippen LogP contribution in [0, 0.1) is 5.82 Å². The molecule has 0 aliphatic carbocycles. The predicted molar refractivity (Wildman–Crippen MR) is 59.3 cm³/mol. The topological polar surface area (TPSA) is 52.3 Å². The van der Waals surface area contributed by atoms with Crippen LogP contribution in [-0.4, -0.2) is 18.1 Å². The standard InChI is InChI=1S/C12H16FNO2/c1-8(2)16-12(15)11(14)7-9-4-3-5-10(13)6-9/h3-6,8,11H,7,14H2,1-2H3. The van der Waals surface area contributed by atoms with E-state index in [1.54, 1.807) is 26.0 Å². The van der Waals surface area contributed by atoms with Crippen LogP contribution in [0.15, 0.2) is 24.3 Å². The molecular weight excluding hydrogens is 209 g/mol. The van der Waals surface area contributed by atoms with Gasteiger partial charge in [0.2, 0.25) is 0 Å². The van der Waals surface area contributed by atoms with E-state index in [0.717, 1.165) is 0 Å². The van der Waals surface area contributed by atoms with Crippen molar-refractivity contribution < 1.29 is 13.9 Å². The van der Waals surface area contributed by atoms with Gasteiger partial charge in [-0.3, -0.25) is 4.79 Å². The maximum absolute atomic E-state index is 12.9. The van der Waals surface area contributed by atoms with Gasteiger partial charge in [0.25, 0.3) is 0 Å². The molecule has 4 heteroatoms. The van der Waals surface area contributed by atoms with Crippen LogP contribution in [-0.2, 0) is 16.0 Å². The average Bonchev–Trinajstić information content (AvgIpc) is 2.16. The van der Waals surface area contributed by atoms with Crippen molar-refractivity contribution in [3.63, 3.8) is 0 Å². The fraction of sp³-hybridized carbons (Fsp3) is 0.417. The lowest BCUT2D eigenvalue weighted by atomic mass is 10.1. The zero-order valence-corrected chi connectivity index (χ0v) is 9.44. The normalized spacial score (nSPS) is 12.6. The number of hydrogen-bond acceptors (Lipinski definition) is 3. The van der Waals surface area contributed by atoms with Gasteiger partial charge in [0.1, 0.15) is 11.9 Å². The van der Waals surface area contributed by atoms with Gasteiger partial charge in [-0.05, 0) is 38.0 Å². The van der Waals surface area contributed by atoms with Gasteiger partial charge in [-0.2, -0.15) is 0 Å². The number of rotatable bonds is 4. The van der Waals surface area contributed by atoms with Crippen molar-refractivity contribution in [2.75, 3.05) is 0 Å². The summed E-state index contributed by atoms with van der Waals surface area (Å²) < 4.78 is 17.8. The highest BCUT2D eigenvalue weighted by Crippen LogP contribution is 2.07. The molecule has 0 spiro atoms. The number of carbonyl (C=O) groups is 1. The second kappa shape index (κ2) is 5.61. The van der Waals surface area contributed by atoms with Crippen LogP contribution in [0.4, 0.5) is 4.39 Å². The minimum atomic E-state index is -0.746. The third-order valence-corrected chi connectivity index (χ3v) is 2.00. The average molecular weight is 225 g/mol. The summed E-state index contributed by atoms with van der Waals surface area (Å²) in [4.78, 5) is 11.4. The molecular formula is C12H16FNO2. The second-order valence-corrected chi connectivity index (χ2v) is 3.93. The number of ether oxygens (including phenoxy) is 1. The first-order valence-corrected chi connectivity index (χ1v) is 5.19. The second-order valence-electron chi connectivity index (χ2n) is 3.93. The lowest BCUT2D eigenvalue weighted by molar-refractivity contribution is -0.148. The van der Waals surface area contributed by atoms with E-state index in [1.807, 2.05) is 0 Å². The molecule has 0 saturated heterocycles. The van der Waals surface area contributed by atoms with Crippen LogP contribution in [0.1, 0.15) is 19.4 Å². The first-order chi connectivity index (χ1) is 7.49. The van der Waals surface area contributed by atoms with Gasteiger partial charge in [0.15, 0.2) is 0 Å². The zero-order chi connectivity index (χ0) is 12.1. The van der Waals surface area contributed by atoms with Gasteiger partial charge < -0.3 is 10.5 Å². The molecule has 0 aliphatic rings. The molecule has 0 amide bonds. The molecule has 0 heterocycles.